The van der Waals surface area contributed by atoms with E-state index >= 15 is 0 Å². The van der Waals surface area contributed by atoms with Gasteiger partial charge in [-0.2, -0.15) is 13.5 Å². The molecule has 0 aliphatic heterocycles. The maximum Gasteiger partial charge on any atom is 0.276 e. The van der Waals surface area contributed by atoms with Crippen LogP contribution in [0.4, 0.5) is 0 Å². The predicted molar refractivity (Wildman–Crippen MR) is 91.6 cm³/mol. The first-order valence-corrected chi connectivity index (χ1v) is 8.50. The number of nitrogens with zero attached hydrogens (tertiary/aromatic N) is 1. The van der Waals surface area contributed by atoms with Crippen molar-refractivity contribution < 1.29 is 18.6 Å². The Labute approximate surface area is 138 Å². The van der Waals surface area contributed by atoms with Gasteiger partial charge in [0, 0.05) is 0 Å². The Morgan fingerprint density at radius 1 is 0.875 bits per heavy atom. The van der Waals surface area contributed by atoms with E-state index in [1.165, 1.54) is 30.5 Å². The van der Waals surface area contributed by atoms with Crippen LogP contribution in [0.1, 0.15) is 5.56 Å². The molecule has 122 valence electrons. The molecule has 0 bridgehead atoms. The third kappa shape index (κ3) is 3.31. The van der Waals surface area contributed by atoms with Crippen LogP contribution in [0.5, 0.6) is 11.5 Å². The minimum Gasteiger partial charge on any atom is -0.504 e. The molecule has 0 heterocycles. The smallest absolute Gasteiger partial charge is 0.276 e. The Kier molecular flexibility index (Phi) is 4.09. The van der Waals surface area contributed by atoms with Crippen LogP contribution < -0.4 is 4.83 Å². The van der Waals surface area contributed by atoms with Crippen molar-refractivity contribution in [1.82, 2.24) is 4.83 Å². The molecule has 0 saturated heterocycles. The van der Waals surface area contributed by atoms with E-state index in [1.807, 2.05) is 24.3 Å². The molecule has 24 heavy (non-hydrogen) atoms. The van der Waals surface area contributed by atoms with Gasteiger partial charge < -0.3 is 10.2 Å². The third-order valence-corrected chi connectivity index (χ3v) is 4.64. The minimum atomic E-state index is -3.80. The molecule has 0 spiro atoms. The molecular weight excluding hydrogens is 328 g/mol. The van der Waals surface area contributed by atoms with Gasteiger partial charge in [0.05, 0.1) is 11.1 Å². The number of nitrogens with one attached hydrogen (secondary N) is 1. The van der Waals surface area contributed by atoms with Gasteiger partial charge in [-0.05, 0) is 46.7 Å². The molecule has 0 radical (unpaired) electrons. The normalized spacial score (nSPS) is 11.8. The first-order valence-electron chi connectivity index (χ1n) is 7.01. The quantitative estimate of drug-likeness (QED) is 0.385. The SMILES string of the molecule is O=S(=O)(NN=Cc1ccc(O)c(O)c1)c1ccc2ccccc2c1. The molecule has 0 aromatic heterocycles. The van der Waals surface area contributed by atoms with Crippen LogP contribution in [0.3, 0.4) is 0 Å². The van der Waals surface area contributed by atoms with Crippen LogP contribution in [0, 0.1) is 0 Å². The van der Waals surface area contributed by atoms with Crippen LogP contribution in [0.25, 0.3) is 10.8 Å². The standard InChI is InChI=1S/C17H14N2O4S/c20-16-8-5-12(9-17(16)21)11-18-19-24(22,23)15-7-6-13-3-1-2-4-14(13)10-15/h1-11,19-21H. The molecule has 3 rings (SSSR count). The first kappa shape index (κ1) is 15.8. The summed E-state index contributed by atoms with van der Waals surface area (Å²) in [7, 11) is -3.80. The Balaban J connectivity index is 1.81. The Morgan fingerprint density at radius 3 is 2.38 bits per heavy atom. The average molecular weight is 342 g/mol. The summed E-state index contributed by atoms with van der Waals surface area (Å²) in [5.74, 6) is -0.569. The summed E-state index contributed by atoms with van der Waals surface area (Å²) >= 11 is 0. The molecule has 0 amide bonds. The number of hydrogen-bond donors (Lipinski definition) is 3. The highest BCUT2D eigenvalue weighted by Gasteiger charge is 2.13. The number of sulfonamides is 1. The van der Waals surface area contributed by atoms with Gasteiger partial charge in [0.1, 0.15) is 0 Å². The van der Waals surface area contributed by atoms with E-state index in [4.69, 9.17) is 0 Å². The highest BCUT2D eigenvalue weighted by Crippen LogP contribution is 2.24. The molecule has 0 unspecified atom stereocenters. The van der Waals surface area contributed by atoms with Crippen LogP contribution in [-0.4, -0.2) is 24.8 Å². The van der Waals surface area contributed by atoms with Crippen molar-refractivity contribution in [2.45, 2.75) is 4.90 Å². The van der Waals surface area contributed by atoms with E-state index in [0.29, 0.717) is 5.56 Å². The summed E-state index contributed by atoms with van der Waals surface area (Å²) < 4.78 is 24.5. The lowest BCUT2D eigenvalue weighted by molar-refractivity contribution is 0.403. The summed E-state index contributed by atoms with van der Waals surface area (Å²) in [5.41, 5.74) is 0.437. The van der Waals surface area contributed by atoms with Crippen LogP contribution in [-0.2, 0) is 10.0 Å². The van der Waals surface area contributed by atoms with E-state index in [2.05, 4.69) is 9.93 Å². The predicted octanol–water partition coefficient (Wildman–Crippen LogP) is 2.56. The highest BCUT2D eigenvalue weighted by atomic mass is 32.2. The van der Waals surface area contributed by atoms with Crippen molar-refractivity contribution in [3.63, 3.8) is 0 Å². The van der Waals surface area contributed by atoms with Crippen LogP contribution in [0.2, 0.25) is 0 Å². The van der Waals surface area contributed by atoms with E-state index in [9.17, 15) is 18.6 Å². The molecule has 0 aliphatic rings. The lowest BCUT2D eigenvalue weighted by Gasteiger charge is -2.05. The zero-order valence-corrected chi connectivity index (χ0v) is 13.2. The van der Waals surface area contributed by atoms with E-state index < -0.39 is 10.0 Å². The van der Waals surface area contributed by atoms with Crippen LogP contribution >= 0.6 is 0 Å². The number of rotatable bonds is 4. The third-order valence-electron chi connectivity index (χ3n) is 3.42. The fourth-order valence-electron chi connectivity index (χ4n) is 2.18. The number of benzene rings is 3. The second kappa shape index (κ2) is 6.21. The van der Waals surface area contributed by atoms with Crippen molar-refractivity contribution in [3.05, 3.63) is 66.2 Å². The molecular formula is C17H14N2O4S. The van der Waals surface area contributed by atoms with Gasteiger partial charge in [0.2, 0.25) is 0 Å². The molecule has 3 aromatic carbocycles. The Morgan fingerprint density at radius 2 is 1.62 bits per heavy atom. The monoisotopic (exact) mass is 342 g/mol. The molecule has 0 atom stereocenters. The minimum absolute atomic E-state index is 0.104. The Bertz CT molecular complexity index is 1030. The van der Waals surface area contributed by atoms with Gasteiger partial charge in [-0.1, -0.05) is 30.3 Å². The number of aromatic hydroxyl groups is 2. The molecule has 7 heteroatoms. The van der Waals surface area contributed by atoms with Gasteiger partial charge in [-0.25, -0.2) is 4.83 Å². The largest absolute Gasteiger partial charge is 0.504 e. The van der Waals surface area contributed by atoms with E-state index in [-0.39, 0.29) is 16.4 Å². The molecule has 0 saturated carbocycles. The maximum atomic E-state index is 12.3. The molecule has 6 nitrogen and oxygen atoms in total. The average Bonchev–Trinajstić information content (AvgIpc) is 2.57. The fourth-order valence-corrected chi connectivity index (χ4v) is 3.00. The Hall–Kier alpha value is -3.06. The van der Waals surface area contributed by atoms with Crippen molar-refractivity contribution >= 4 is 27.0 Å². The summed E-state index contributed by atoms with van der Waals surface area (Å²) in [6, 6.07) is 16.3. The molecule has 0 fully saturated rings. The number of hydrazone groups is 1. The number of phenols is 2. The summed E-state index contributed by atoms with van der Waals surface area (Å²) in [4.78, 5) is 2.22. The number of fused-ring (bicyclic) bond motifs is 1. The second-order valence-corrected chi connectivity index (χ2v) is 6.77. The fraction of sp³-hybridized carbons (Fsp3) is 0. The lowest BCUT2D eigenvalue weighted by atomic mass is 10.1. The molecule has 3 N–H and O–H groups in total. The maximum absolute atomic E-state index is 12.3. The van der Waals surface area contributed by atoms with Gasteiger partial charge in [0.25, 0.3) is 10.0 Å². The van der Waals surface area contributed by atoms with Crippen molar-refractivity contribution in [2.24, 2.45) is 5.10 Å². The van der Waals surface area contributed by atoms with Gasteiger partial charge in [0.15, 0.2) is 11.5 Å². The van der Waals surface area contributed by atoms with Gasteiger partial charge >= 0.3 is 0 Å². The summed E-state index contributed by atoms with van der Waals surface area (Å²) in [6.07, 6.45) is 1.23. The van der Waals surface area contributed by atoms with Crippen molar-refractivity contribution in [2.75, 3.05) is 0 Å². The van der Waals surface area contributed by atoms with Crippen molar-refractivity contribution in [3.8, 4) is 11.5 Å². The van der Waals surface area contributed by atoms with Gasteiger partial charge in [-0.3, -0.25) is 0 Å². The number of hydrogen-bond acceptors (Lipinski definition) is 5. The number of phenolic OH excluding ortho intramolecular Hbond substituents is 2. The summed E-state index contributed by atoms with van der Waals surface area (Å²) in [5, 5.41) is 24.1. The lowest BCUT2D eigenvalue weighted by Crippen LogP contribution is -2.18. The molecule has 3 aromatic rings. The van der Waals surface area contributed by atoms with E-state index in [1.54, 1.807) is 12.1 Å². The zero-order valence-electron chi connectivity index (χ0n) is 12.4. The highest BCUT2D eigenvalue weighted by molar-refractivity contribution is 7.89. The van der Waals surface area contributed by atoms with Crippen LogP contribution in [0.15, 0.2) is 70.7 Å². The van der Waals surface area contributed by atoms with Gasteiger partial charge in [-0.15, -0.1) is 0 Å². The summed E-state index contributed by atoms with van der Waals surface area (Å²) in [6.45, 7) is 0. The topological polar surface area (TPSA) is 99.0 Å². The molecule has 0 aliphatic carbocycles. The van der Waals surface area contributed by atoms with E-state index in [0.717, 1.165) is 10.8 Å². The first-order chi connectivity index (χ1) is 11.5. The van der Waals surface area contributed by atoms with Crippen molar-refractivity contribution in [1.29, 1.82) is 0 Å². The second-order valence-electron chi connectivity index (χ2n) is 5.11. The zero-order chi connectivity index (χ0) is 17.2.